The fourth-order valence-corrected chi connectivity index (χ4v) is 2.87. The molecule has 8 heteroatoms. The topological polar surface area (TPSA) is 80.1 Å². The third-order valence-corrected chi connectivity index (χ3v) is 4.40. The summed E-state index contributed by atoms with van der Waals surface area (Å²) in [5.41, 5.74) is -0.375. The highest BCUT2D eigenvalue weighted by Gasteiger charge is 2.19. The molecule has 0 bridgehead atoms. The third-order valence-electron chi connectivity index (χ3n) is 4.13. The molecule has 2 rings (SSSR count). The molecule has 0 spiro atoms. The van der Waals surface area contributed by atoms with Crippen molar-refractivity contribution in [2.45, 2.75) is 46.1 Å². The molecule has 0 aliphatic carbocycles. The zero-order valence-electron chi connectivity index (χ0n) is 15.1. The maximum absolute atomic E-state index is 13.7. The van der Waals surface area contributed by atoms with Crippen LogP contribution < -0.4 is 11.2 Å². The number of nitrogens with zero attached hydrogens (tertiary/aromatic N) is 3. The lowest BCUT2D eigenvalue weighted by Gasteiger charge is -2.20. The average Bonchev–Trinajstić information content (AvgIpc) is 2.60. The lowest BCUT2D eigenvalue weighted by Crippen LogP contribution is -2.34. The minimum Gasteiger partial charge on any atom is -0.293 e. The highest BCUT2D eigenvalue weighted by molar-refractivity contribution is 6.29. The Morgan fingerprint density at radius 1 is 1.46 bits per heavy atom. The minimum atomic E-state index is -0.807. The monoisotopic (exact) mass is 380 g/mol. The third kappa shape index (κ3) is 4.27. The van der Waals surface area contributed by atoms with E-state index in [4.69, 9.17) is 11.6 Å². The zero-order chi connectivity index (χ0) is 19.3. The predicted molar refractivity (Wildman–Crippen MR) is 103 cm³/mol. The van der Waals surface area contributed by atoms with Gasteiger partial charge in [0.25, 0.3) is 5.56 Å². The Kier molecular flexibility index (Phi) is 6.85. The predicted octanol–water partition coefficient (Wildman–Crippen LogP) is 3.65. The maximum atomic E-state index is 13.7. The normalized spacial score (nSPS) is 13.7. The Morgan fingerprint density at radius 3 is 2.85 bits per heavy atom. The van der Waals surface area contributed by atoms with Gasteiger partial charge in [-0.05, 0) is 37.5 Å². The van der Waals surface area contributed by atoms with E-state index in [0.717, 1.165) is 31.0 Å². The summed E-state index contributed by atoms with van der Waals surface area (Å²) in [7, 11) is 0. The minimum absolute atomic E-state index is 0.0191. The molecule has 0 saturated carbocycles. The van der Waals surface area contributed by atoms with E-state index in [1.807, 2.05) is 19.9 Å². The van der Waals surface area contributed by atoms with Crippen LogP contribution in [0.1, 0.15) is 46.1 Å². The maximum Gasteiger partial charge on any atom is 0.330 e. The summed E-state index contributed by atoms with van der Waals surface area (Å²) in [5.74, 6) is -0.807. The molecule has 0 aliphatic heterocycles. The summed E-state index contributed by atoms with van der Waals surface area (Å²) < 4.78 is 15.0. The van der Waals surface area contributed by atoms with E-state index < -0.39 is 17.1 Å². The number of fused-ring (bicyclic) bond motifs is 1. The van der Waals surface area contributed by atoms with Gasteiger partial charge in [-0.25, -0.2) is 14.2 Å². The lowest BCUT2D eigenvalue weighted by atomic mass is 10.1. The standard InChI is InChI=1S/C18H22ClFN4O2/c1-4-6-8-21-9-7-11(3)14(5-2)24-16-12(17(25)23-18(24)26)10-13(20)15(19)22-16/h7,9-10,14H,4-6,8H2,1-3H3,(H,23,25,26)/b11-7-,21-9?. The van der Waals surface area contributed by atoms with E-state index in [2.05, 4.69) is 21.9 Å². The molecule has 0 radical (unpaired) electrons. The summed E-state index contributed by atoms with van der Waals surface area (Å²) in [4.78, 5) is 34.9. The molecule has 1 atom stereocenters. The number of aliphatic imine (C=N–C) groups is 1. The van der Waals surface area contributed by atoms with Crippen molar-refractivity contribution in [2.75, 3.05) is 6.54 Å². The molecule has 0 amide bonds. The van der Waals surface area contributed by atoms with Crippen LogP contribution in [0.3, 0.4) is 0 Å². The van der Waals surface area contributed by atoms with Gasteiger partial charge >= 0.3 is 5.69 Å². The number of aromatic amines is 1. The molecule has 2 aromatic heterocycles. The molecule has 2 heterocycles. The quantitative estimate of drug-likeness (QED) is 0.452. The van der Waals surface area contributed by atoms with Gasteiger partial charge in [-0.2, -0.15) is 0 Å². The molecular formula is C18H22ClFN4O2. The van der Waals surface area contributed by atoms with Crippen LogP contribution >= 0.6 is 11.6 Å². The summed E-state index contributed by atoms with van der Waals surface area (Å²) in [5, 5.41) is -0.400. The Bertz CT molecular complexity index is 962. The molecule has 6 nitrogen and oxygen atoms in total. The summed E-state index contributed by atoms with van der Waals surface area (Å²) >= 11 is 5.77. The van der Waals surface area contributed by atoms with Crippen molar-refractivity contribution in [3.63, 3.8) is 0 Å². The van der Waals surface area contributed by atoms with Crippen LogP contribution in [-0.4, -0.2) is 27.3 Å². The largest absolute Gasteiger partial charge is 0.330 e. The van der Waals surface area contributed by atoms with Gasteiger partial charge in [0.15, 0.2) is 16.6 Å². The van der Waals surface area contributed by atoms with Gasteiger partial charge < -0.3 is 0 Å². The van der Waals surface area contributed by atoms with E-state index in [1.165, 1.54) is 4.57 Å². The van der Waals surface area contributed by atoms with E-state index in [-0.39, 0.29) is 22.2 Å². The molecule has 2 aromatic rings. The van der Waals surface area contributed by atoms with Crippen LogP contribution in [-0.2, 0) is 0 Å². The van der Waals surface area contributed by atoms with Crippen molar-refractivity contribution in [3.05, 3.63) is 49.5 Å². The van der Waals surface area contributed by atoms with Gasteiger partial charge in [0.05, 0.1) is 11.4 Å². The highest BCUT2D eigenvalue weighted by Crippen LogP contribution is 2.23. The fourth-order valence-electron chi connectivity index (χ4n) is 2.73. The van der Waals surface area contributed by atoms with Gasteiger partial charge in [0, 0.05) is 12.8 Å². The van der Waals surface area contributed by atoms with Crippen LogP contribution in [0.4, 0.5) is 4.39 Å². The highest BCUT2D eigenvalue weighted by atomic mass is 35.5. The zero-order valence-corrected chi connectivity index (χ0v) is 15.8. The van der Waals surface area contributed by atoms with E-state index >= 15 is 0 Å². The van der Waals surface area contributed by atoms with Crippen molar-refractivity contribution >= 4 is 28.8 Å². The summed E-state index contributed by atoms with van der Waals surface area (Å²) in [6, 6.07) is 0.630. The van der Waals surface area contributed by atoms with Crippen molar-refractivity contribution in [2.24, 2.45) is 4.99 Å². The number of unbranched alkanes of at least 4 members (excludes halogenated alkanes) is 1. The Labute approximate surface area is 155 Å². The lowest BCUT2D eigenvalue weighted by molar-refractivity contribution is 0.539. The molecular weight excluding hydrogens is 359 g/mol. The van der Waals surface area contributed by atoms with Gasteiger partial charge in [-0.15, -0.1) is 0 Å². The van der Waals surface area contributed by atoms with Crippen molar-refractivity contribution < 1.29 is 4.39 Å². The first-order valence-corrected chi connectivity index (χ1v) is 8.95. The number of rotatable bonds is 7. The molecule has 0 aliphatic rings. The van der Waals surface area contributed by atoms with Crippen molar-refractivity contribution in [1.82, 2.24) is 14.5 Å². The first-order chi connectivity index (χ1) is 12.4. The number of halogens is 2. The Hall–Kier alpha value is -2.28. The number of hydrogen-bond acceptors (Lipinski definition) is 4. The second-order valence-electron chi connectivity index (χ2n) is 6.00. The number of allylic oxidation sites excluding steroid dienone is 2. The van der Waals surface area contributed by atoms with Crippen molar-refractivity contribution in [3.8, 4) is 0 Å². The van der Waals surface area contributed by atoms with Crippen LogP contribution in [0.25, 0.3) is 11.0 Å². The number of H-pyrrole nitrogens is 1. The van der Waals surface area contributed by atoms with Gasteiger partial charge in [0.1, 0.15) is 0 Å². The second-order valence-corrected chi connectivity index (χ2v) is 6.36. The molecule has 1 unspecified atom stereocenters. The second kappa shape index (κ2) is 8.89. The summed E-state index contributed by atoms with van der Waals surface area (Å²) in [6.07, 6.45) is 6.20. The molecule has 0 saturated heterocycles. The van der Waals surface area contributed by atoms with Crippen LogP contribution in [0.2, 0.25) is 5.15 Å². The number of pyridine rings is 1. The molecule has 1 N–H and O–H groups in total. The first-order valence-electron chi connectivity index (χ1n) is 8.57. The van der Waals surface area contributed by atoms with E-state index in [0.29, 0.717) is 6.42 Å². The Balaban J connectivity index is 2.57. The van der Waals surface area contributed by atoms with E-state index in [1.54, 1.807) is 6.21 Å². The molecule has 26 heavy (non-hydrogen) atoms. The van der Waals surface area contributed by atoms with Gasteiger partial charge in [0.2, 0.25) is 0 Å². The van der Waals surface area contributed by atoms with Crippen LogP contribution in [0.5, 0.6) is 0 Å². The first kappa shape index (κ1) is 20.0. The average molecular weight is 381 g/mol. The molecule has 0 fully saturated rings. The SMILES string of the molecule is CCCCN=C/C=C(/C)C(CC)n1c(=O)[nH]c(=O)c2cc(F)c(Cl)nc21. The van der Waals surface area contributed by atoms with Crippen molar-refractivity contribution in [1.29, 1.82) is 0 Å². The number of nitrogens with one attached hydrogen (secondary N) is 1. The Morgan fingerprint density at radius 2 is 2.19 bits per heavy atom. The van der Waals surface area contributed by atoms with Gasteiger partial charge in [-0.1, -0.05) is 31.9 Å². The summed E-state index contributed by atoms with van der Waals surface area (Å²) in [6.45, 7) is 6.62. The number of aromatic nitrogens is 3. The van der Waals surface area contributed by atoms with Crippen LogP contribution in [0, 0.1) is 5.82 Å². The number of hydrogen-bond donors (Lipinski definition) is 1. The fraction of sp³-hybridized carbons (Fsp3) is 0.444. The van der Waals surface area contributed by atoms with E-state index in [9.17, 15) is 14.0 Å². The van der Waals surface area contributed by atoms with Gasteiger partial charge in [-0.3, -0.25) is 19.3 Å². The molecule has 140 valence electrons. The molecule has 0 aromatic carbocycles. The van der Waals surface area contributed by atoms with Crippen LogP contribution in [0.15, 0.2) is 32.3 Å². The smallest absolute Gasteiger partial charge is 0.293 e.